The zero-order valence-electron chi connectivity index (χ0n) is 12.5. The Balaban J connectivity index is 1.74. The Kier molecular flexibility index (Phi) is 4.20. The van der Waals surface area contributed by atoms with E-state index in [9.17, 15) is 0 Å². The van der Waals surface area contributed by atoms with E-state index >= 15 is 0 Å². The normalized spacial score (nSPS) is 12.5. The SMILES string of the molecule is CCCc1ccc(NC(C)c2nc3ccccc3s2)cc1. The number of rotatable bonds is 5. The first-order valence-corrected chi connectivity index (χ1v) is 8.29. The molecule has 21 heavy (non-hydrogen) atoms. The summed E-state index contributed by atoms with van der Waals surface area (Å²) in [7, 11) is 0. The molecule has 0 bridgehead atoms. The third kappa shape index (κ3) is 3.24. The van der Waals surface area contributed by atoms with Gasteiger partial charge in [0.25, 0.3) is 0 Å². The summed E-state index contributed by atoms with van der Waals surface area (Å²) in [6.45, 7) is 4.37. The maximum Gasteiger partial charge on any atom is 0.116 e. The van der Waals surface area contributed by atoms with E-state index in [2.05, 4.69) is 61.6 Å². The number of nitrogens with one attached hydrogen (secondary N) is 1. The molecule has 1 heterocycles. The minimum atomic E-state index is 0.222. The van der Waals surface area contributed by atoms with Gasteiger partial charge in [-0.05, 0) is 43.2 Å². The van der Waals surface area contributed by atoms with Gasteiger partial charge in [-0.3, -0.25) is 0 Å². The molecule has 1 N–H and O–H groups in total. The average molecular weight is 296 g/mol. The van der Waals surface area contributed by atoms with Crippen LogP contribution in [-0.2, 0) is 6.42 Å². The van der Waals surface area contributed by atoms with Gasteiger partial charge < -0.3 is 5.32 Å². The molecule has 0 fully saturated rings. The van der Waals surface area contributed by atoms with Gasteiger partial charge in [0.05, 0.1) is 16.3 Å². The van der Waals surface area contributed by atoms with E-state index in [1.54, 1.807) is 11.3 Å². The van der Waals surface area contributed by atoms with Crippen molar-refractivity contribution in [2.45, 2.75) is 32.7 Å². The maximum atomic E-state index is 4.71. The predicted molar refractivity (Wildman–Crippen MR) is 92.1 cm³/mol. The van der Waals surface area contributed by atoms with Crippen molar-refractivity contribution in [2.24, 2.45) is 0 Å². The van der Waals surface area contributed by atoms with E-state index in [0.717, 1.165) is 22.6 Å². The van der Waals surface area contributed by atoms with Crippen molar-refractivity contribution in [3.05, 3.63) is 59.1 Å². The molecule has 1 atom stereocenters. The van der Waals surface area contributed by atoms with Crippen LogP contribution in [0.4, 0.5) is 5.69 Å². The van der Waals surface area contributed by atoms with Gasteiger partial charge in [0.2, 0.25) is 0 Å². The second kappa shape index (κ2) is 6.27. The van der Waals surface area contributed by atoms with E-state index < -0.39 is 0 Å². The van der Waals surface area contributed by atoms with Crippen LogP contribution >= 0.6 is 11.3 Å². The standard InChI is InChI=1S/C18H20N2S/c1-3-6-14-9-11-15(12-10-14)19-13(2)18-20-16-7-4-5-8-17(16)21-18/h4-5,7-13,19H,3,6H2,1-2H3. The minimum Gasteiger partial charge on any atom is -0.376 e. The molecule has 1 unspecified atom stereocenters. The highest BCUT2D eigenvalue weighted by molar-refractivity contribution is 7.18. The molecule has 0 aliphatic rings. The van der Waals surface area contributed by atoms with Crippen LogP contribution in [0.2, 0.25) is 0 Å². The average Bonchev–Trinajstić information content (AvgIpc) is 2.94. The fourth-order valence-corrected chi connectivity index (χ4v) is 3.41. The quantitative estimate of drug-likeness (QED) is 0.680. The summed E-state index contributed by atoms with van der Waals surface area (Å²) in [6, 6.07) is 17.3. The van der Waals surface area contributed by atoms with Crippen LogP contribution in [0.5, 0.6) is 0 Å². The fraction of sp³-hybridized carbons (Fsp3) is 0.278. The smallest absolute Gasteiger partial charge is 0.116 e. The molecular weight excluding hydrogens is 276 g/mol. The van der Waals surface area contributed by atoms with Gasteiger partial charge in [-0.25, -0.2) is 4.98 Å². The van der Waals surface area contributed by atoms with Gasteiger partial charge in [0, 0.05) is 5.69 Å². The molecular formula is C18H20N2S. The third-order valence-electron chi connectivity index (χ3n) is 3.56. The Labute approximate surface area is 129 Å². The zero-order valence-corrected chi connectivity index (χ0v) is 13.3. The Hall–Kier alpha value is -1.87. The van der Waals surface area contributed by atoms with E-state index in [4.69, 9.17) is 4.98 Å². The van der Waals surface area contributed by atoms with Crippen molar-refractivity contribution in [3.63, 3.8) is 0 Å². The summed E-state index contributed by atoms with van der Waals surface area (Å²) in [5.74, 6) is 0. The highest BCUT2D eigenvalue weighted by Gasteiger charge is 2.11. The molecule has 0 aliphatic heterocycles. The molecule has 2 aromatic carbocycles. The Morgan fingerprint density at radius 3 is 2.57 bits per heavy atom. The number of thiazole rings is 1. The Morgan fingerprint density at radius 2 is 1.86 bits per heavy atom. The van der Waals surface area contributed by atoms with Gasteiger partial charge >= 0.3 is 0 Å². The van der Waals surface area contributed by atoms with Crippen LogP contribution in [-0.4, -0.2) is 4.98 Å². The molecule has 3 aromatic rings. The molecule has 2 nitrogen and oxygen atoms in total. The van der Waals surface area contributed by atoms with E-state index in [1.807, 2.05) is 6.07 Å². The lowest BCUT2D eigenvalue weighted by atomic mass is 10.1. The first kappa shape index (κ1) is 14.1. The molecule has 1 aromatic heterocycles. The topological polar surface area (TPSA) is 24.9 Å². The third-order valence-corrected chi connectivity index (χ3v) is 4.78. The van der Waals surface area contributed by atoms with Crippen LogP contribution in [0, 0.1) is 0 Å². The molecule has 0 saturated carbocycles. The fourth-order valence-electron chi connectivity index (χ4n) is 2.44. The molecule has 0 aliphatic carbocycles. The second-order valence-corrected chi connectivity index (χ2v) is 6.40. The summed E-state index contributed by atoms with van der Waals surface area (Å²) in [4.78, 5) is 4.71. The summed E-state index contributed by atoms with van der Waals surface area (Å²) < 4.78 is 1.25. The molecule has 0 amide bonds. The lowest BCUT2D eigenvalue weighted by Crippen LogP contribution is -2.06. The lowest BCUT2D eigenvalue weighted by molar-refractivity contribution is 0.873. The summed E-state index contributed by atoms with van der Waals surface area (Å²) in [5, 5.41) is 4.67. The van der Waals surface area contributed by atoms with Gasteiger partial charge in [0.1, 0.15) is 5.01 Å². The first-order valence-electron chi connectivity index (χ1n) is 7.47. The number of para-hydroxylation sites is 1. The number of hydrogen-bond donors (Lipinski definition) is 1. The number of aromatic nitrogens is 1. The van der Waals surface area contributed by atoms with Crippen LogP contribution in [0.15, 0.2) is 48.5 Å². The first-order chi connectivity index (χ1) is 10.3. The van der Waals surface area contributed by atoms with E-state index in [-0.39, 0.29) is 6.04 Å². The Bertz CT molecular complexity index is 682. The van der Waals surface area contributed by atoms with Gasteiger partial charge in [-0.1, -0.05) is 37.6 Å². The van der Waals surface area contributed by atoms with E-state index in [0.29, 0.717) is 0 Å². The zero-order chi connectivity index (χ0) is 14.7. The van der Waals surface area contributed by atoms with Crippen LogP contribution in [0.3, 0.4) is 0 Å². The molecule has 108 valence electrons. The van der Waals surface area contributed by atoms with Crippen molar-refractivity contribution < 1.29 is 0 Å². The van der Waals surface area contributed by atoms with E-state index in [1.165, 1.54) is 16.7 Å². The largest absolute Gasteiger partial charge is 0.376 e. The number of fused-ring (bicyclic) bond motifs is 1. The number of aryl methyl sites for hydroxylation is 1. The molecule has 3 heteroatoms. The van der Waals surface area contributed by atoms with Gasteiger partial charge in [-0.15, -0.1) is 11.3 Å². The maximum absolute atomic E-state index is 4.71. The van der Waals surface area contributed by atoms with Crippen molar-refractivity contribution in [2.75, 3.05) is 5.32 Å². The number of nitrogens with zero attached hydrogens (tertiary/aromatic N) is 1. The highest BCUT2D eigenvalue weighted by Crippen LogP contribution is 2.28. The molecule has 0 saturated heterocycles. The van der Waals surface area contributed by atoms with Crippen molar-refractivity contribution in [1.82, 2.24) is 4.98 Å². The second-order valence-electron chi connectivity index (χ2n) is 5.33. The van der Waals surface area contributed by atoms with Crippen LogP contribution < -0.4 is 5.32 Å². The molecule has 0 spiro atoms. The number of anilines is 1. The minimum absolute atomic E-state index is 0.222. The summed E-state index contributed by atoms with van der Waals surface area (Å²) >= 11 is 1.76. The van der Waals surface area contributed by atoms with Gasteiger partial charge in [-0.2, -0.15) is 0 Å². The van der Waals surface area contributed by atoms with Crippen LogP contribution in [0.25, 0.3) is 10.2 Å². The van der Waals surface area contributed by atoms with Crippen molar-refractivity contribution >= 4 is 27.2 Å². The molecule has 0 radical (unpaired) electrons. The van der Waals surface area contributed by atoms with Crippen molar-refractivity contribution in [1.29, 1.82) is 0 Å². The monoisotopic (exact) mass is 296 g/mol. The number of hydrogen-bond acceptors (Lipinski definition) is 3. The van der Waals surface area contributed by atoms with Crippen molar-refractivity contribution in [3.8, 4) is 0 Å². The number of benzene rings is 2. The lowest BCUT2D eigenvalue weighted by Gasteiger charge is -2.13. The van der Waals surface area contributed by atoms with Crippen LogP contribution in [0.1, 0.15) is 36.9 Å². The highest BCUT2D eigenvalue weighted by atomic mass is 32.1. The summed E-state index contributed by atoms with van der Waals surface area (Å²) in [6.07, 6.45) is 2.34. The molecule has 3 rings (SSSR count). The Morgan fingerprint density at radius 1 is 1.10 bits per heavy atom. The van der Waals surface area contributed by atoms with Gasteiger partial charge in [0.15, 0.2) is 0 Å². The predicted octanol–water partition coefficient (Wildman–Crippen LogP) is 5.42. The summed E-state index contributed by atoms with van der Waals surface area (Å²) in [5.41, 5.74) is 3.64.